The first kappa shape index (κ1) is 27.7. The number of hydrogen-bond donors (Lipinski definition) is 11. The third-order valence-electron chi connectivity index (χ3n) is 1.61. The van der Waals surface area contributed by atoms with Crippen LogP contribution in [0.1, 0.15) is 0 Å². The van der Waals surface area contributed by atoms with Crippen LogP contribution in [0, 0.1) is 0 Å². The first-order valence-corrected chi connectivity index (χ1v) is 6.91. The lowest BCUT2D eigenvalue weighted by Gasteiger charge is -2.07. The van der Waals surface area contributed by atoms with Crippen molar-refractivity contribution in [3.05, 3.63) is 0 Å². The Bertz CT molecular complexity index is 428. The summed E-state index contributed by atoms with van der Waals surface area (Å²) < 4.78 is 8.88. The summed E-state index contributed by atoms with van der Waals surface area (Å²) in [6.45, 7) is 0. The monoisotopic (exact) mass is 398 g/mol. The van der Waals surface area contributed by atoms with Crippen molar-refractivity contribution in [2.75, 3.05) is 0 Å². The standard InChI is InChI=1S/2C4H6O6.H3O4P/c2*5-1(3(7)8)2(6)4(9)10;1-5(2,3)4/h2*1-2,5-6H,(H,7,8)(H,9,10);(H3,1,2,3,4). The van der Waals surface area contributed by atoms with Crippen molar-refractivity contribution in [1.82, 2.24) is 0 Å². The van der Waals surface area contributed by atoms with E-state index in [2.05, 4.69) is 0 Å². The predicted molar refractivity (Wildman–Crippen MR) is 68.8 cm³/mol. The first-order chi connectivity index (χ1) is 10.9. The lowest BCUT2D eigenvalue weighted by Crippen LogP contribution is -2.39. The molecule has 0 aliphatic heterocycles. The van der Waals surface area contributed by atoms with Crippen molar-refractivity contribution in [1.29, 1.82) is 0 Å². The van der Waals surface area contributed by atoms with Gasteiger partial charge in [0.05, 0.1) is 0 Å². The number of hydrogen-bond acceptors (Lipinski definition) is 9. The number of carboxylic acid groups (broad SMARTS) is 4. The molecule has 0 radical (unpaired) electrons. The van der Waals surface area contributed by atoms with Crippen molar-refractivity contribution in [2.24, 2.45) is 0 Å². The number of phosphoric acid groups is 1. The van der Waals surface area contributed by atoms with Gasteiger partial charge in [-0.15, -0.1) is 0 Å². The summed E-state index contributed by atoms with van der Waals surface area (Å²) in [5.74, 6) is -7.07. The Kier molecular flexibility index (Phi) is 13.5. The van der Waals surface area contributed by atoms with E-state index >= 15 is 0 Å². The average Bonchev–Trinajstić information content (AvgIpc) is 2.42. The molecule has 0 aromatic carbocycles. The number of carbonyl (C=O) groups is 4. The van der Waals surface area contributed by atoms with E-state index in [0.717, 1.165) is 0 Å². The minimum Gasteiger partial charge on any atom is -0.479 e. The van der Waals surface area contributed by atoms with Gasteiger partial charge in [0.1, 0.15) is 0 Å². The third-order valence-corrected chi connectivity index (χ3v) is 1.61. The van der Waals surface area contributed by atoms with Crippen molar-refractivity contribution < 1.29 is 79.3 Å². The minimum absolute atomic E-state index is 1.77. The van der Waals surface area contributed by atoms with Crippen LogP contribution in [-0.4, -0.2) is 104 Å². The quantitative estimate of drug-likeness (QED) is 0.186. The molecule has 4 atom stereocenters. The number of aliphatic hydroxyl groups excluding tert-OH is 4. The first-order valence-electron chi connectivity index (χ1n) is 5.35. The second-order valence-corrected chi connectivity index (χ2v) is 4.67. The van der Waals surface area contributed by atoms with E-state index in [-0.39, 0.29) is 0 Å². The smallest absolute Gasteiger partial charge is 0.466 e. The SMILES string of the molecule is O=C(O)C(O)C(O)C(=O)O.O=C(O)C(O)C(O)C(=O)O.O=P(O)(O)O. The van der Waals surface area contributed by atoms with Gasteiger partial charge < -0.3 is 55.5 Å². The van der Waals surface area contributed by atoms with Crippen LogP contribution < -0.4 is 0 Å². The Morgan fingerprint density at radius 1 is 0.520 bits per heavy atom. The van der Waals surface area contributed by atoms with Gasteiger partial charge in [-0.25, -0.2) is 23.7 Å². The Hall–Kier alpha value is -2.17. The van der Waals surface area contributed by atoms with E-state index in [1.165, 1.54) is 0 Å². The summed E-state index contributed by atoms with van der Waals surface area (Å²) in [7, 11) is -4.64. The van der Waals surface area contributed by atoms with Gasteiger partial charge in [0.15, 0.2) is 24.4 Å². The van der Waals surface area contributed by atoms with Gasteiger partial charge in [0, 0.05) is 0 Å². The van der Waals surface area contributed by atoms with Crippen LogP contribution in [0.15, 0.2) is 0 Å². The topological polar surface area (TPSA) is 308 Å². The molecule has 0 amide bonds. The number of carboxylic acids is 4. The Balaban J connectivity index is -0.000000308. The molecule has 0 aliphatic carbocycles. The van der Waals surface area contributed by atoms with Gasteiger partial charge in [0.25, 0.3) is 0 Å². The zero-order chi connectivity index (χ0) is 21.1. The molecule has 148 valence electrons. The highest BCUT2D eigenvalue weighted by Gasteiger charge is 2.30. The molecule has 0 aliphatic rings. The third kappa shape index (κ3) is 18.0. The van der Waals surface area contributed by atoms with Crippen LogP contribution >= 0.6 is 7.82 Å². The van der Waals surface area contributed by atoms with Gasteiger partial charge in [-0.1, -0.05) is 0 Å². The van der Waals surface area contributed by atoms with Crippen LogP contribution in [0.5, 0.6) is 0 Å². The van der Waals surface area contributed by atoms with E-state index in [0.29, 0.717) is 0 Å². The fraction of sp³-hybridized carbons (Fsp3) is 0.500. The highest BCUT2D eigenvalue weighted by Crippen LogP contribution is 2.25. The van der Waals surface area contributed by atoms with Gasteiger partial charge >= 0.3 is 31.7 Å². The van der Waals surface area contributed by atoms with Gasteiger partial charge in [-0.2, -0.15) is 0 Å². The fourth-order valence-corrected chi connectivity index (χ4v) is 0.540. The zero-order valence-electron chi connectivity index (χ0n) is 11.7. The Morgan fingerprint density at radius 2 is 0.600 bits per heavy atom. The van der Waals surface area contributed by atoms with E-state index in [4.69, 9.17) is 60.1 Å². The molecule has 0 bridgehead atoms. The minimum atomic E-state index is -4.64. The zero-order valence-corrected chi connectivity index (χ0v) is 12.6. The molecule has 17 heteroatoms. The average molecular weight is 398 g/mol. The van der Waals surface area contributed by atoms with Crippen LogP contribution in [0.4, 0.5) is 0 Å². The molecule has 0 spiro atoms. The summed E-state index contributed by atoms with van der Waals surface area (Å²) in [6, 6.07) is 0. The Labute approximate surface area is 136 Å². The van der Waals surface area contributed by atoms with Crippen LogP contribution in [0.25, 0.3) is 0 Å². The maximum absolute atomic E-state index is 9.77. The fourth-order valence-electron chi connectivity index (χ4n) is 0.540. The molecule has 16 nitrogen and oxygen atoms in total. The molecule has 0 heterocycles. The van der Waals surface area contributed by atoms with E-state index in [9.17, 15) is 19.2 Å². The van der Waals surface area contributed by atoms with Crippen LogP contribution in [0.2, 0.25) is 0 Å². The number of aliphatic carboxylic acids is 4. The summed E-state index contributed by atoms with van der Waals surface area (Å²) >= 11 is 0. The normalized spacial score (nSPS) is 15.0. The summed E-state index contributed by atoms with van der Waals surface area (Å²) in [5, 5.41) is 65.1. The molecule has 11 N–H and O–H groups in total. The molecule has 0 aromatic rings. The molecule has 0 saturated heterocycles. The highest BCUT2D eigenvalue weighted by molar-refractivity contribution is 7.45. The van der Waals surface area contributed by atoms with Crippen molar-refractivity contribution in [3.8, 4) is 0 Å². The van der Waals surface area contributed by atoms with Gasteiger partial charge in [-0.05, 0) is 0 Å². The number of aliphatic hydroxyl groups is 4. The van der Waals surface area contributed by atoms with Gasteiger partial charge in [-0.3, -0.25) is 0 Å². The van der Waals surface area contributed by atoms with Crippen molar-refractivity contribution in [2.45, 2.75) is 24.4 Å². The molecule has 4 unspecified atom stereocenters. The molecule has 25 heavy (non-hydrogen) atoms. The van der Waals surface area contributed by atoms with Gasteiger partial charge in [0.2, 0.25) is 0 Å². The highest BCUT2D eigenvalue weighted by atomic mass is 31.2. The molecular weight excluding hydrogens is 383 g/mol. The maximum Gasteiger partial charge on any atom is 0.466 e. The van der Waals surface area contributed by atoms with Crippen LogP contribution in [-0.2, 0) is 23.7 Å². The summed E-state index contributed by atoms with van der Waals surface area (Å²) in [6.07, 6.45) is -9.06. The predicted octanol–water partition coefficient (Wildman–Crippen LogP) is -5.17. The van der Waals surface area contributed by atoms with E-state index < -0.39 is 56.1 Å². The second-order valence-electron chi connectivity index (χ2n) is 3.65. The summed E-state index contributed by atoms with van der Waals surface area (Å²) in [5.41, 5.74) is 0. The van der Waals surface area contributed by atoms with E-state index in [1.54, 1.807) is 0 Å². The van der Waals surface area contributed by atoms with Crippen LogP contribution in [0.3, 0.4) is 0 Å². The molecule has 0 fully saturated rings. The molecule has 0 aromatic heterocycles. The molecular formula is C8H15O16P. The van der Waals surface area contributed by atoms with Crippen molar-refractivity contribution >= 4 is 31.7 Å². The second kappa shape index (κ2) is 12.2. The maximum atomic E-state index is 9.77. The lowest BCUT2D eigenvalue weighted by molar-refractivity contribution is -0.165. The molecule has 0 rings (SSSR count). The van der Waals surface area contributed by atoms with E-state index in [1.807, 2.05) is 0 Å². The largest absolute Gasteiger partial charge is 0.479 e. The summed E-state index contributed by atoms with van der Waals surface area (Å²) in [4.78, 5) is 60.6. The Morgan fingerprint density at radius 3 is 0.640 bits per heavy atom. The number of rotatable bonds is 6. The van der Waals surface area contributed by atoms with Crippen molar-refractivity contribution in [3.63, 3.8) is 0 Å². The molecule has 0 saturated carbocycles. The lowest BCUT2D eigenvalue weighted by atomic mass is 10.2.